The second-order valence-electron chi connectivity index (χ2n) is 5.45. The van der Waals surface area contributed by atoms with Crippen LogP contribution in [0.4, 0.5) is 0 Å². The van der Waals surface area contributed by atoms with E-state index in [-0.39, 0.29) is 24.0 Å². The Morgan fingerprint density at radius 3 is 2.52 bits per heavy atom. The molecule has 2 rings (SSSR count). The van der Waals surface area contributed by atoms with E-state index in [1.165, 1.54) is 16.8 Å². The van der Waals surface area contributed by atoms with Crippen LogP contribution in [0.3, 0.4) is 0 Å². The number of hydrogen-bond donors (Lipinski definition) is 2. The van der Waals surface area contributed by atoms with Gasteiger partial charge in [-0.3, -0.25) is 9.67 Å². The Bertz CT molecular complexity index is 634. The van der Waals surface area contributed by atoms with Gasteiger partial charge in [-0.1, -0.05) is 30.3 Å². The first kappa shape index (κ1) is 19.5. The van der Waals surface area contributed by atoms with Crippen LogP contribution in [0.2, 0.25) is 0 Å². The maximum absolute atomic E-state index is 5.90. The molecule has 5 nitrogen and oxygen atoms in total. The largest absolute Gasteiger partial charge is 0.370 e. The van der Waals surface area contributed by atoms with Crippen LogP contribution in [-0.4, -0.2) is 28.8 Å². The van der Waals surface area contributed by atoms with E-state index in [2.05, 4.69) is 34.5 Å². The fourth-order valence-electron chi connectivity index (χ4n) is 2.50. The van der Waals surface area contributed by atoms with Crippen molar-refractivity contribution in [2.75, 3.05) is 13.1 Å². The standard InChI is InChI=1S/C17H25N5.HI/c1-13-16(14(2)22(3)21-13)10-12-20-17(18)19-11-9-15-7-5-4-6-8-15;/h4-8H,9-12H2,1-3H3,(H3,18,19,20);1H. The van der Waals surface area contributed by atoms with Crippen LogP contribution < -0.4 is 11.1 Å². The zero-order chi connectivity index (χ0) is 15.9. The quantitative estimate of drug-likeness (QED) is 0.423. The van der Waals surface area contributed by atoms with Crippen molar-refractivity contribution in [3.63, 3.8) is 0 Å². The zero-order valence-corrected chi connectivity index (χ0v) is 16.4. The van der Waals surface area contributed by atoms with Gasteiger partial charge in [0.1, 0.15) is 0 Å². The van der Waals surface area contributed by atoms with Crippen molar-refractivity contribution in [2.24, 2.45) is 17.8 Å². The Labute approximate surface area is 155 Å². The third kappa shape index (κ3) is 5.85. The molecule has 126 valence electrons. The first-order valence-electron chi connectivity index (χ1n) is 7.64. The van der Waals surface area contributed by atoms with Gasteiger partial charge in [-0.05, 0) is 37.8 Å². The van der Waals surface area contributed by atoms with Crippen LogP contribution in [0.1, 0.15) is 22.5 Å². The van der Waals surface area contributed by atoms with Crippen molar-refractivity contribution in [3.8, 4) is 0 Å². The van der Waals surface area contributed by atoms with E-state index in [9.17, 15) is 0 Å². The first-order chi connectivity index (χ1) is 10.6. The fourth-order valence-corrected chi connectivity index (χ4v) is 2.50. The Morgan fingerprint density at radius 1 is 1.22 bits per heavy atom. The molecule has 0 atom stereocenters. The summed E-state index contributed by atoms with van der Waals surface area (Å²) in [7, 11) is 1.97. The molecule has 0 aliphatic rings. The van der Waals surface area contributed by atoms with Crippen molar-refractivity contribution in [3.05, 3.63) is 52.8 Å². The molecule has 0 fully saturated rings. The van der Waals surface area contributed by atoms with Gasteiger partial charge in [-0.2, -0.15) is 5.10 Å². The monoisotopic (exact) mass is 427 g/mol. The van der Waals surface area contributed by atoms with Crippen LogP contribution in [0, 0.1) is 13.8 Å². The van der Waals surface area contributed by atoms with E-state index >= 15 is 0 Å². The number of nitrogens with two attached hydrogens (primary N) is 1. The average molecular weight is 427 g/mol. The smallest absolute Gasteiger partial charge is 0.188 e. The van der Waals surface area contributed by atoms with E-state index in [1.54, 1.807) is 0 Å². The Balaban J connectivity index is 0.00000264. The van der Waals surface area contributed by atoms with Gasteiger partial charge in [0.05, 0.1) is 5.69 Å². The summed E-state index contributed by atoms with van der Waals surface area (Å²) in [4.78, 5) is 4.39. The predicted octanol–water partition coefficient (Wildman–Crippen LogP) is 2.34. The number of rotatable bonds is 6. The van der Waals surface area contributed by atoms with E-state index in [0.29, 0.717) is 12.5 Å². The summed E-state index contributed by atoms with van der Waals surface area (Å²) in [5.41, 5.74) is 10.7. The van der Waals surface area contributed by atoms with Crippen molar-refractivity contribution in [1.29, 1.82) is 0 Å². The lowest BCUT2D eigenvalue weighted by Crippen LogP contribution is -2.33. The molecule has 0 unspecified atom stereocenters. The molecule has 0 saturated heterocycles. The van der Waals surface area contributed by atoms with Crippen molar-refractivity contribution in [1.82, 2.24) is 15.1 Å². The van der Waals surface area contributed by atoms with Crippen molar-refractivity contribution >= 4 is 29.9 Å². The van der Waals surface area contributed by atoms with Crippen molar-refractivity contribution in [2.45, 2.75) is 26.7 Å². The predicted molar refractivity (Wildman–Crippen MR) is 106 cm³/mol. The molecule has 0 spiro atoms. The van der Waals surface area contributed by atoms with Crippen LogP contribution >= 0.6 is 24.0 Å². The van der Waals surface area contributed by atoms with Gasteiger partial charge in [0.25, 0.3) is 0 Å². The minimum absolute atomic E-state index is 0. The number of hydrogen-bond acceptors (Lipinski definition) is 2. The lowest BCUT2D eigenvalue weighted by atomic mass is 10.1. The molecule has 3 N–H and O–H groups in total. The summed E-state index contributed by atoms with van der Waals surface area (Å²) in [5.74, 6) is 0.509. The highest BCUT2D eigenvalue weighted by atomic mass is 127. The van der Waals surface area contributed by atoms with E-state index in [0.717, 1.165) is 25.1 Å². The van der Waals surface area contributed by atoms with Crippen LogP contribution in [-0.2, 0) is 19.9 Å². The Kier molecular flexibility index (Phi) is 8.08. The van der Waals surface area contributed by atoms with Crippen LogP contribution in [0.15, 0.2) is 35.3 Å². The molecule has 1 aromatic carbocycles. The number of aryl methyl sites for hydroxylation is 2. The highest BCUT2D eigenvalue weighted by Gasteiger charge is 2.08. The number of aromatic nitrogens is 2. The average Bonchev–Trinajstić information content (AvgIpc) is 2.74. The Hall–Kier alpha value is -1.57. The second-order valence-corrected chi connectivity index (χ2v) is 5.45. The molecule has 0 aliphatic carbocycles. The molecule has 23 heavy (non-hydrogen) atoms. The summed E-state index contributed by atoms with van der Waals surface area (Å²) in [6, 6.07) is 10.3. The second kappa shape index (κ2) is 9.54. The molecule has 2 aromatic rings. The third-order valence-corrected chi connectivity index (χ3v) is 3.87. The number of nitrogens with zero attached hydrogens (tertiary/aromatic N) is 3. The minimum Gasteiger partial charge on any atom is -0.370 e. The van der Waals surface area contributed by atoms with E-state index < -0.39 is 0 Å². The van der Waals surface area contributed by atoms with E-state index in [1.807, 2.05) is 36.9 Å². The van der Waals surface area contributed by atoms with Gasteiger partial charge >= 0.3 is 0 Å². The molecule has 1 aromatic heterocycles. The first-order valence-corrected chi connectivity index (χ1v) is 7.64. The summed E-state index contributed by atoms with van der Waals surface area (Å²) in [5, 5.41) is 7.57. The highest BCUT2D eigenvalue weighted by molar-refractivity contribution is 14.0. The van der Waals surface area contributed by atoms with E-state index in [4.69, 9.17) is 5.73 Å². The topological polar surface area (TPSA) is 68.2 Å². The van der Waals surface area contributed by atoms with Crippen molar-refractivity contribution < 1.29 is 0 Å². The SMILES string of the molecule is Cc1nn(C)c(C)c1CCN=C(N)NCCc1ccccc1.I. The molecule has 0 radical (unpaired) electrons. The summed E-state index contributed by atoms with van der Waals surface area (Å²) in [6.07, 6.45) is 1.81. The molecule has 0 saturated carbocycles. The molecule has 0 bridgehead atoms. The maximum atomic E-state index is 5.90. The summed E-state index contributed by atoms with van der Waals surface area (Å²) < 4.78 is 1.91. The highest BCUT2D eigenvalue weighted by Crippen LogP contribution is 2.12. The number of halogens is 1. The van der Waals surface area contributed by atoms with Gasteiger partial charge in [-0.15, -0.1) is 24.0 Å². The normalized spacial score (nSPS) is 11.2. The van der Waals surface area contributed by atoms with Gasteiger partial charge in [-0.25, -0.2) is 0 Å². The molecule has 0 amide bonds. The third-order valence-electron chi connectivity index (χ3n) is 3.87. The molecule has 0 aliphatic heterocycles. The fraction of sp³-hybridized carbons (Fsp3) is 0.412. The molecular formula is C17H26IN5. The number of benzene rings is 1. The Morgan fingerprint density at radius 2 is 1.91 bits per heavy atom. The van der Waals surface area contributed by atoms with Crippen LogP contribution in [0.25, 0.3) is 0 Å². The van der Waals surface area contributed by atoms with Gasteiger partial charge < -0.3 is 11.1 Å². The number of aliphatic imine (C=N–C) groups is 1. The molecule has 1 heterocycles. The van der Waals surface area contributed by atoms with Crippen LogP contribution in [0.5, 0.6) is 0 Å². The maximum Gasteiger partial charge on any atom is 0.188 e. The lowest BCUT2D eigenvalue weighted by molar-refractivity contribution is 0.730. The molecule has 6 heteroatoms. The number of nitrogens with one attached hydrogen (secondary N) is 1. The van der Waals surface area contributed by atoms with Gasteiger partial charge in [0, 0.05) is 25.8 Å². The van der Waals surface area contributed by atoms with Gasteiger partial charge in [0.15, 0.2) is 5.96 Å². The summed E-state index contributed by atoms with van der Waals surface area (Å²) in [6.45, 7) is 5.59. The number of guanidine groups is 1. The molecular weight excluding hydrogens is 401 g/mol. The lowest BCUT2D eigenvalue weighted by Gasteiger charge is -2.06. The van der Waals surface area contributed by atoms with Gasteiger partial charge in [0.2, 0.25) is 0 Å². The zero-order valence-electron chi connectivity index (χ0n) is 14.0. The minimum atomic E-state index is 0. The summed E-state index contributed by atoms with van der Waals surface area (Å²) >= 11 is 0.